The van der Waals surface area contributed by atoms with E-state index in [1.165, 1.54) is 0 Å². The SMILES string of the molecule is CN=C(NCc1ccc(N2CCCCC2=O)cc1)NCc1ccccc1-n1nc(C)cc1C. The Morgan fingerprint density at radius 1 is 1.03 bits per heavy atom. The minimum absolute atomic E-state index is 0.220. The third-order valence-corrected chi connectivity index (χ3v) is 5.93. The van der Waals surface area contributed by atoms with Gasteiger partial charge in [-0.15, -0.1) is 0 Å². The van der Waals surface area contributed by atoms with E-state index in [-0.39, 0.29) is 5.91 Å². The van der Waals surface area contributed by atoms with Gasteiger partial charge in [0.2, 0.25) is 5.91 Å². The first-order valence-corrected chi connectivity index (χ1v) is 11.5. The minimum Gasteiger partial charge on any atom is -0.352 e. The molecule has 1 aromatic heterocycles. The third-order valence-electron chi connectivity index (χ3n) is 5.93. The first-order valence-electron chi connectivity index (χ1n) is 11.5. The van der Waals surface area contributed by atoms with E-state index < -0.39 is 0 Å². The van der Waals surface area contributed by atoms with E-state index in [9.17, 15) is 4.79 Å². The van der Waals surface area contributed by atoms with Crippen molar-refractivity contribution in [3.05, 3.63) is 77.1 Å². The average molecular weight is 445 g/mol. The molecule has 1 aliphatic heterocycles. The van der Waals surface area contributed by atoms with Gasteiger partial charge in [-0.3, -0.25) is 9.79 Å². The molecule has 1 saturated heterocycles. The van der Waals surface area contributed by atoms with Crippen LogP contribution in [0.5, 0.6) is 0 Å². The number of rotatable bonds is 6. The number of carbonyl (C=O) groups excluding carboxylic acids is 1. The smallest absolute Gasteiger partial charge is 0.226 e. The molecule has 0 atom stereocenters. The zero-order chi connectivity index (χ0) is 23.2. The van der Waals surface area contributed by atoms with Gasteiger partial charge in [0.25, 0.3) is 0 Å². The molecule has 7 nitrogen and oxygen atoms in total. The average Bonchev–Trinajstić information content (AvgIpc) is 3.18. The molecular weight excluding hydrogens is 412 g/mol. The number of nitrogens with zero attached hydrogens (tertiary/aromatic N) is 4. The lowest BCUT2D eigenvalue weighted by atomic mass is 10.1. The molecule has 172 valence electrons. The molecule has 1 fully saturated rings. The van der Waals surface area contributed by atoms with Crippen LogP contribution in [0.1, 0.15) is 41.8 Å². The van der Waals surface area contributed by atoms with Crippen molar-refractivity contribution in [1.82, 2.24) is 20.4 Å². The third kappa shape index (κ3) is 5.42. The summed E-state index contributed by atoms with van der Waals surface area (Å²) in [5.74, 6) is 0.950. The summed E-state index contributed by atoms with van der Waals surface area (Å²) in [6.45, 7) is 6.16. The Labute approximate surface area is 195 Å². The molecule has 3 aromatic rings. The van der Waals surface area contributed by atoms with E-state index >= 15 is 0 Å². The van der Waals surface area contributed by atoms with Crippen LogP contribution in [0.25, 0.3) is 5.69 Å². The van der Waals surface area contributed by atoms with Crippen LogP contribution < -0.4 is 15.5 Å². The molecule has 2 heterocycles. The lowest BCUT2D eigenvalue weighted by molar-refractivity contribution is -0.119. The standard InChI is InChI=1S/C26H32N6O/c1-19-16-20(2)32(30-19)24-9-5-4-8-22(24)18-29-26(27-3)28-17-21-11-13-23(14-12-21)31-15-7-6-10-25(31)33/h4-5,8-9,11-14,16H,6-7,10,15,17-18H2,1-3H3,(H2,27,28,29). The Morgan fingerprint density at radius 3 is 2.48 bits per heavy atom. The highest BCUT2D eigenvalue weighted by molar-refractivity contribution is 5.94. The molecule has 0 spiro atoms. The number of carbonyl (C=O) groups is 1. The van der Waals surface area contributed by atoms with Crippen molar-refractivity contribution in [2.45, 2.75) is 46.2 Å². The van der Waals surface area contributed by atoms with Gasteiger partial charge in [-0.25, -0.2) is 4.68 Å². The van der Waals surface area contributed by atoms with Crippen LogP contribution in [0, 0.1) is 13.8 Å². The molecule has 2 aromatic carbocycles. The number of benzene rings is 2. The Hall–Kier alpha value is -3.61. The lowest BCUT2D eigenvalue weighted by Gasteiger charge is -2.26. The summed E-state index contributed by atoms with van der Waals surface area (Å²) < 4.78 is 1.98. The summed E-state index contributed by atoms with van der Waals surface area (Å²) in [6.07, 6.45) is 2.71. The van der Waals surface area contributed by atoms with Gasteiger partial charge in [0, 0.05) is 44.5 Å². The van der Waals surface area contributed by atoms with Gasteiger partial charge in [-0.2, -0.15) is 5.10 Å². The summed E-state index contributed by atoms with van der Waals surface area (Å²) in [5, 5.41) is 11.4. The van der Waals surface area contributed by atoms with Gasteiger partial charge in [0.15, 0.2) is 5.96 Å². The van der Waals surface area contributed by atoms with E-state index in [2.05, 4.69) is 58.0 Å². The molecule has 0 unspecified atom stereocenters. The fourth-order valence-electron chi connectivity index (χ4n) is 4.20. The molecule has 1 aliphatic rings. The van der Waals surface area contributed by atoms with Gasteiger partial charge in [0.1, 0.15) is 0 Å². The number of aryl methyl sites for hydroxylation is 2. The Morgan fingerprint density at radius 2 is 1.79 bits per heavy atom. The van der Waals surface area contributed by atoms with Gasteiger partial charge in [-0.05, 0) is 62.1 Å². The first kappa shape index (κ1) is 22.6. The lowest BCUT2D eigenvalue weighted by Crippen LogP contribution is -2.36. The van der Waals surface area contributed by atoms with E-state index in [0.717, 1.165) is 59.2 Å². The predicted octanol–water partition coefficient (Wildman–Crippen LogP) is 3.87. The Balaban J connectivity index is 1.36. The number of nitrogens with one attached hydrogen (secondary N) is 2. The maximum atomic E-state index is 12.1. The molecular formula is C26H32N6O. The number of guanidine groups is 1. The Kier molecular flexibility index (Phi) is 7.07. The number of piperidine rings is 1. The van der Waals surface area contributed by atoms with Crippen molar-refractivity contribution in [1.29, 1.82) is 0 Å². The van der Waals surface area contributed by atoms with Crippen molar-refractivity contribution in [2.24, 2.45) is 4.99 Å². The van der Waals surface area contributed by atoms with Gasteiger partial charge in [-0.1, -0.05) is 30.3 Å². The monoisotopic (exact) mass is 444 g/mol. The van der Waals surface area contributed by atoms with Gasteiger partial charge < -0.3 is 15.5 Å². The zero-order valence-electron chi connectivity index (χ0n) is 19.6. The number of hydrogen-bond donors (Lipinski definition) is 2. The summed E-state index contributed by atoms with van der Waals surface area (Å²) in [7, 11) is 1.77. The van der Waals surface area contributed by atoms with Crippen molar-refractivity contribution in [2.75, 3.05) is 18.5 Å². The number of para-hydroxylation sites is 1. The minimum atomic E-state index is 0.220. The normalized spacial score (nSPS) is 14.5. The van der Waals surface area contributed by atoms with Gasteiger partial charge >= 0.3 is 0 Å². The van der Waals surface area contributed by atoms with Crippen molar-refractivity contribution in [3.63, 3.8) is 0 Å². The molecule has 4 rings (SSSR count). The van der Waals surface area contributed by atoms with Crippen LogP contribution in [0.4, 0.5) is 5.69 Å². The number of aromatic nitrogens is 2. The summed E-state index contributed by atoms with van der Waals surface area (Å²) in [5.41, 5.74) is 6.43. The highest BCUT2D eigenvalue weighted by atomic mass is 16.2. The molecule has 1 amide bonds. The van der Waals surface area contributed by atoms with Gasteiger partial charge in [0.05, 0.1) is 11.4 Å². The second kappa shape index (κ2) is 10.3. The quantitative estimate of drug-likeness (QED) is 0.447. The second-order valence-electron chi connectivity index (χ2n) is 8.42. The molecule has 33 heavy (non-hydrogen) atoms. The maximum absolute atomic E-state index is 12.1. The molecule has 0 radical (unpaired) electrons. The van der Waals surface area contributed by atoms with Crippen LogP contribution >= 0.6 is 0 Å². The molecule has 0 bridgehead atoms. The van der Waals surface area contributed by atoms with Crippen LogP contribution in [-0.2, 0) is 17.9 Å². The number of hydrogen-bond acceptors (Lipinski definition) is 3. The number of aliphatic imine (C=N–C) groups is 1. The fourth-order valence-corrected chi connectivity index (χ4v) is 4.20. The molecule has 0 saturated carbocycles. The topological polar surface area (TPSA) is 74.6 Å². The second-order valence-corrected chi connectivity index (χ2v) is 8.42. The number of amides is 1. The van der Waals surface area contributed by atoms with Crippen molar-refractivity contribution >= 4 is 17.6 Å². The van der Waals surface area contributed by atoms with E-state index in [1.807, 2.05) is 40.8 Å². The molecule has 7 heteroatoms. The fraction of sp³-hybridized carbons (Fsp3) is 0.346. The highest BCUT2D eigenvalue weighted by Gasteiger charge is 2.19. The van der Waals surface area contributed by atoms with E-state index in [0.29, 0.717) is 19.5 Å². The molecule has 2 N–H and O–H groups in total. The zero-order valence-corrected chi connectivity index (χ0v) is 19.6. The van der Waals surface area contributed by atoms with Crippen LogP contribution in [0.2, 0.25) is 0 Å². The van der Waals surface area contributed by atoms with E-state index in [1.54, 1.807) is 7.05 Å². The Bertz CT molecular complexity index is 1130. The summed E-state index contributed by atoms with van der Waals surface area (Å²) in [4.78, 5) is 18.4. The summed E-state index contributed by atoms with van der Waals surface area (Å²) in [6, 6.07) is 18.5. The molecule has 0 aliphatic carbocycles. The van der Waals surface area contributed by atoms with E-state index in [4.69, 9.17) is 0 Å². The first-order chi connectivity index (χ1) is 16.0. The maximum Gasteiger partial charge on any atom is 0.226 e. The predicted molar refractivity (Wildman–Crippen MR) is 133 cm³/mol. The van der Waals surface area contributed by atoms with Crippen molar-refractivity contribution < 1.29 is 4.79 Å². The van der Waals surface area contributed by atoms with Crippen LogP contribution in [-0.4, -0.2) is 35.2 Å². The summed E-state index contributed by atoms with van der Waals surface area (Å²) >= 11 is 0. The number of anilines is 1. The largest absolute Gasteiger partial charge is 0.352 e. The van der Waals surface area contributed by atoms with Crippen LogP contribution in [0.15, 0.2) is 59.6 Å². The van der Waals surface area contributed by atoms with Crippen molar-refractivity contribution in [3.8, 4) is 5.69 Å². The highest BCUT2D eigenvalue weighted by Crippen LogP contribution is 2.21. The van der Waals surface area contributed by atoms with Crippen LogP contribution in [0.3, 0.4) is 0 Å².